The Labute approximate surface area is 183 Å². The molecule has 32 heavy (non-hydrogen) atoms. The smallest absolute Gasteiger partial charge is 0.331 e. The van der Waals surface area contributed by atoms with Gasteiger partial charge in [0, 0.05) is 17.8 Å². The highest BCUT2D eigenvalue weighted by Crippen LogP contribution is 2.36. The first-order valence-corrected chi connectivity index (χ1v) is 9.66. The summed E-state index contributed by atoms with van der Waals surface area (Å²) in [4.78, 5) is 14.6. The highest BCUT2D eigenvalue weighted by atomic mass is 16.6. The summed E-state index contributed by atoms with van der Waals surface area (Å²) in [6.45, 7) is 0. The van der Waals surface area contributed by atoms with Crippen LogP contribution in [0.4, 0.5) is 5.69 Å². The molecule has 3 aromatic carbocycles. The molecule has 7 heteroatoms. The molecule has 0 saturated carbocycles. The number of hydrogen-bond donors (Lipinski definition) is 0. The van der Waals surface area contributed by atoms with E-state index in [1.54, 1.807) is 24.3 Å². The summed E-state index contributed by atoms with van der Waals surface area (Å²) in [6, 6.07) is 23.8. The van der Waals surface area contributed by atoms with Crippen LogP contribution >= 0.6 is 0 Å². The van der Waals surface area contributed by atoms with Gasteiger partial charge in [0.2, 0.25) is 0 Å². The van der Waals surface area contributed by atoms with Gasteiger partial charge < -0.3 is 9.47 Å². The zero-order valence-corrected chi connectivity index (χ0v) is 17.1. The van der Waals surface area contributed by atoms with E-state index < -0.39 is 4.92 Å². The molecule has 0 fully saturated rings. The summed E-state index contributed by atoms with van der Waals surface area (Å²) in [5.74, 6) is 0.497. The molecule has 0 radical (unpaired) electrons. The van der Waals surface area contributed by atoms with Crippen molar-refractivity contribution in [2.24, 2.45) is 0 Å². The van der Waals surface area contributed by atoms with E-state index in [0.717, 1.165) is 16.3 Å². The van der Waals surface area contributed by atoms with Gasteiger partial charge in [0.05, 0.1) is 23.7 Å². The van der Waals surface area contributed by atoms with Gasteiger partial charge >= 0.3 is 5.69 Å². The van der Waals surface area contributed by atoms with Gasteiger partial charge in [-0.2, -0.15) is 5.26 Å². The minimum atomic E-state index is -0.560. The van der Waals surface area contributed by atoms with Gasteiger partial charge in [-0.25, -0.2) is 4.98 Å². The van der Waals surface area contributed by atoms with Crippen molar-refractivity contribution in [3.63, 3.8) is 0 Å². The summed E-state index contributed by atoms with van der Waals surface area (Å²) in [7, 11) is 1.47. The Balaban J connectivity index is 1.72. The van der Waals surface area contributed by atoms with Crippen LogP contribution in [0.2, 0.25) is 0 Å². The Hall–Kier alpha value is -4.70. The predicted molar refractivity (Wildman–Crippen MR) is 121 cm³/mol. The molecule has 0 spiro atoms. The van der Waals surface area contributed by atoms with Gasteiger partial charge in [-0.15, -0.1) is 0 Å². The van der Waals surface area contributed by atoms with Crippen LogP contribution in [0, 0.1) is 21.4 Å². The lowest BCUT2D eigenvalue weighted by molar-refractivity contribution is -0.386. The lowest BCUT2D eigenvalue weighted by Gasteiger charge is -2.11. The van der Waals surface area contributed by atoms with Crippen LogP contribution in [0.25, 0.3) is 22.4 Å². The SMILES string of the molecule is COc1cc(/C=C(\C#N)c2cccc3ccccc23)ccc1Oc1ncccc1[N+](=O)[O-]. The van der Waals surface area contributed by atoms with Crippen molar-refractivity contribution in [2.45, 2.75) is 0 Å². The van der Waals surface area contributed by atoms with Crippen molar-refractivity contribution in [1.82, 2.24) is 4.98 Å². The first kappa shape index (κ1) is 20.6. The Morgan fingerprint density at radius 1 is 1.06 bits per heavy atom. The molecule has 0 bridgehead atoms. The average Bonchev–Trinajstić information content (AvgIpc) is 2.83. The Morgan fingerprint density at radius 2 is 1.88 bits per heavy atom. The van der Waals surface area contributed by atoms with Crippen molar-refractivity contribution >= 4 is 28.1 Å². The van der Waals surface area contributed by atoms with Crippen molar-refractivity contribution in [3.8, 4) is 23.4 Å². The second-order valence-corrected chi connectivity index (χ2v) is 6.79. The number of hydrogen-bond acceptors (Lipinski definition) is 6. The maximum Gasteiger partial charge on any atom is 0.331 e. The van der Waals surface area contributed by atoms with Gasteiger partial charge in [-0.3, -0.25) is 10.1 Å². The van der Waals surface area contributed by atoms with E-state index in [1.165, 1.54) is 25.4 Å². The zero-order valence-electron chi connectivity index (χ0n) is 17.1. The second-order valence-electron chi connectivity index (χ2n) is 6.79. The van der Waals surface area contributed by atoms with Crippen LogP contribution in [-0.4, -0.2) is 17.0 Å². The lowest BCUT2D eigenvalue weighted by Crippen LogP contribution is -1.97. The zero-order chi connectivity index (χ0) is 22.5. The molecule has 0 N–H and O–H groups in total. The number of pyridine rings is 1. The molecule has 0 saturated heterocycles. The molecule has 0 amide bonds. The minimum absolute atomic E-state index is 0.132. The van der Waals surface area contributed by atoms with E-state index in [1.807, 2.05) is 42.5 Å². The highest BCUT2D eigenvalue weighted by molar-refractivity contribution is 6.01. The van der Waals surface area contributed by atoms with Crippen LogP contribution in [0.5, 0.6) is 17.4 Å². The first-order valence-electron chi connectivity index (χ1n) is 9.66. The van der Waals surface area contributed by atoms with Crippen molar-refractivity contribution in [1.29, 1.82) is 5.26 Å². The monoisotopic (exact) mass is 423 g/mol. The second kappa shape index (κ2) is 8.98. The molecule has 0 aliphatic carbocycles. The minimum Gasteiger partial charge on any atom is -0.493 e. The third-order valence-electron chi connectivity index (χ3n) is 4.85. The number of nitriles is 1. The van der Waals surface area contributed by atoms with E-state index in [0.29, 0.717) is 16.9 Å². The maximum absolute atomic E-state index is 11.2. The van der Waals surface area contributed by atoms with E-state index in [9.17, 15) is 15.4 Å². The lowest BCUT2D eigenvalue weighted by atomic mass is 9.97. The molecule has 1 aromatic heterocycles. The number of allylic oxidation sites excluding steroid dienone is 1. The standard InChI is InChI=1S/C25H17N3O4/c1-31-24-15-17(11-12-23(24)32-25-22(28(29)30)10-5-13-27-25)14-19(16-26)21-9-4-7-18-6-2-3-8-20(18)21/h2-15H,1H3/b19-14+. The number of benzene rings is 3. The van der Waals surface area contributed by atoms with Crippen LogP contribution < -0.4 is 9.47 Å². The molecule has 0 aliphatic rings. The summed E-state index contributed by atoms with van der Waals surface area (Å²) in [6.07, 6.45) is 3.17. The summed E-state index contributed by atoms with van der Waals surface area (Å²) < 4.78 is 11.1. The molecular formula is C25H17N3O4. The molecule has 4 rings (SSSR count). The molecular weight excluding hydrogens is 406 g/mol. The van der Waals surface area contributed by atoms with Crippen molar-refractivity contribution < 1.29 is 14.4 Å². The van der Waals surface area contributed by atoms with Crippen molar-refractivity contribution in [2.75, 3.05) is 7.11 Å². The number of ether oxygens (including phenoxy) is 2. The number of methoxy groups -OCH3 is 1. The first-order chi connectivity index (χ1) is 15.6. The highest BCUT2D eigenvalue weighted by Gasteiger charge is 2.18. The average molecular weight is 423 g/mol. The number of aromatic nitrogens is 1. The Bertz CT molecular complexity index is 1380. The van der Waals surface area contributed by atoms with E-state index in [2.05, 4.69) is 11.1 Å². The van der Waals surface area contributed by atoms with Crippen LogP contribution in [-0.2, 0) is 0 Å². The fourth-order valence-electron chi connectivity index (χ4n) is 3.36. The predicted octanol–water partition coefficient (Wildman–Crippen LogP) is 6.01. The molecule has 0 aliphatic heterocycles. The molecule has 156 valence electrons. The number of nitro groups is 1. The molecule has 0 unspecified atom stereocenters. The fraction of sp³-hybridized carbons (Fsp3) is 0.0400. The Kier molecular flexibility index (Phi) is 5.77. The van der Waals surface area contributed by atoms with Gasteiger partial charge in [0.1, 0.15) is 0 Å². The van der Waals surface area contributed by atoms with Crippen LogP contribution in [0.3, 0.4) is 0 Å². The number of fused-ring (bicyclic) bond motifs is 1. The Morgan fingerprint density at radius 3 is 2.66 bits per heavy atom. The molecule has 7 nitrogen and oxygen atoms in total. The number of nitrogens with zero attached hydrogens (tertiary/aromatic N) is 3. The van der Waals surface area contributed by atoms with Gasteiger partial charge in [-0.1, -0.05) is 48.5 Å². The quantitative estimate of drug-likeness (QED) is 0.163. The third kappa shape index (κ3) is 4.11. The summed E-state index contributed by atoms with van der Waals surface area (Å²) in [5.41, 5.74) is 1.79. The summed E-state index contributed by atoms with van der Waals surface area (Å²) >= 11 is 0. The fourth-order valence-corrected chi connectivity index (χ4v) is 3.36. The van der Waals surface area contributed by atoms with E-state index >= 15 is 0 Å². The number of rotatable bonds is 6. The maximum atomic E-state index is 11.2. The summed E-state index contributed by atoms with van der Waals surface area (Å²) in [5, 5.41) is 23.1. The normalized spacial score (nSPS) is 11.1. The van der Waals surface area contributed by atoms with Crippen LogP contribution in [0.15, 0.2) is 79.0 Å². The molecule has 4 aromatic rings. The van der Waals surface area contributed by atoms with Gasteiger partial charge in [0.25, 0.3) is 5.88 Å². The van der Waals surface area contributed by atoms with E-state index in [-0.39, 0.29) is 17.3 Å². The van der Waals surface area contributed by atoms with Crippen molar-refractivity contribution in [3.05, 3.63) is 100 Å². The topological polar surface area (TPSA) is 98.3 Å². The largest absolute Gasteiger partial charge is 0.493 e. The van der Waals surface area contributed by atoms with Gasteiger partial charge in [-0.05, 0) is 40.6 Å². The van der Waals surface area contributed by atoms with E-state index in [4.69, 9.17) is 9.47 Å². The molecule has 0 atom stereocenters. The third-order valence-corrected chi connectivity index (χ3v) is 4.85. The molecule has 1 heterocycles. The van der Waals surface area contributed by atoms with Gasteiger partial charge in [0.15, 0.2) is 11.5 Å². The van der Waals surface area contributed by atoms with Crippen LogP contribution in [0.1, 0.15) is 11.1 Å².